The van der Waals surface area contributed by atoms with E-state index in [-0.39, 0.29) is 11.7 Å². The molecular formula is C21H28O3. The van der Waals surface area contributed by atoms with Gasteiger partial charge in [0.25, 0.3) is 0 Å². The van der Waals surface area contributed by atoms with E-state index in [0.717, 1.165) is 12.8 Å². The molecule has 1 heterocycles. The predicted octanol–water partition coefficient (Wildman–Crippen LogP) is 4.96. The summed E-state index contributed by atoms with van der Waals surface area (Å²) in [7, 11) is 0. The zero-order valence-electron chi connectivity index (χ0n) is 14.5. The van der Waals surface area contributed by atoms with Gasteiger partial charge in [0, 0.05) is 0 Å². The first-order valence-corrected chi connectivity index (χ1v) is 9.30. The average molecular weight is 328 g/mol. The molecule has 1 aliphatic carbocycles. The summed E-state index contributed by atoms with van der Waals surface area (Å²) >= 11 is 0. The second kappa shape index (κ2) is 7.87. The van der Waals surface area contributed by atoms with Crippen LogP contribution in [0, 0.1) is 11.8 Å². The fraction of sp³-hybridized carbons (Fsp3) is 0.571. The van der Waals surface area contributed by atoms with Gasteiger partial charge in [-0.15, -0.1) is 0 Å². The Morgan fingerprint density at radius 1 is 1.12 bits per heavy atom. The third-order valence-corrected chi connectivity index (χ3v) is 5.36. The van der Waals surface area contributed by atoms with Crippen molar-refractivity contribution in [2.24, 2.45) is 11.8 Å². The number of benzene rings is 1. The Hall–Kier alpha value is -1.77. The summed E-state index contributed by atoms with van der Waals surface area (Å²) in [6.45, 7) is 2.12. The number of esters is 1. The molecule has 0 spiro atoms. The first kappa shape index (κ1) is 17.1. The summed E-state index contributed by atoms with van der Waals surface area (Å²) in [5.41, 5.74) is 1.76. The Morgan fingerprint density at radius 3 is 2.54 bits per heavy atom. The number of hydrogen-bond donors (Lipinski definition) is 1. The Bertz CT molecular complexity index is 584. The van der Waals surface area contributed by atoms with E-state index in [4.69, 9.17) is 4.74 Å². The normalized spacial score (nSPS) is 23.4. The zero-order valence-corrected chi connectivity index (χ0v) is 14.5. The van der Waals surface area contributed by atoms with Crippen LogP contribution >= 0.6 is 0 Å². The molecule has 1 saturated carbocycles. The maximum absolute atomic E-state index is 12.2. The van der Waals surface area contributed by atoms with Gasteiger partial charge in [-0.2, -0.15) is 0 Å². The van der Waals surface area contributed by atoms with E-state index < -0.39 is 6.10 Å². The van der Waals surface area contributed by atoms with Crippen molar-refractivity contribution in [1.82, 2.24) is 0 Å². The predicted molar refractivity (Wildman–Crippen MR) is 94.7 cm³/mol. The highest BCUT2D eigenvalue weighted by Crippen LogP contribution is 2.34. The van der Waals surface area contributed by atoms with Crippen LogP contribution in [0.4, 0.5) is 0 Å². The molecule has 1 fully saturated rings. The number of cyclic esters (lactones) is 1. The van der Waals surface area contributed by atoms with Crippen LogP contribution in [0.15, 0.2) is 41.7 Å². The summed E-state index contributed by atoms with van der Waals surface area (Å²) in [5, 5.41) is 10.5. The van der Waals surface area contributed by atoms with E-state index in [0.29, 0.717) is 23.8 Å². The zero-order chi connectivity index (χ0) is 16.9. The summed E-state index contributed by atoms with van der Waals surface area (Å²) in [4.78, 5) is 12.2. The highest BCUT2D eigenvalue weighted by molar-refractivity contribution is 5.91. The molecule has 0 aromatic heterocycles. The lowest BCUT2D eigenvalue weighted by Gasteiger charge is -2.23. The van der Waals surface area contributed by atoms with Crippen LogP contribution in [0.5, 0.6) is 0 Å². The first-order valence-electron chi connectivity index (χ1n) is 9.30. The van der Waals surface area contributed by atoms with Crippen LogP contribution in [0.3, 0.4) is 0 Å². The van der Waals surface area contributed by atoms with E-state index in [1.807, 2.05) is 18.2 Å². The largest absolute Gasteiger partial charge is 0.508 e. The maximum atomic E-state index is 12.2. The van der Waals surface area contributed by atoms with Crippen molar-refractivity contribution in [2.75, 3.05) is 0 Å². The van der Waals surface area contributed by atoms with E-state index in [2.05, 4.69) is 19.1 Å². The van der Waals surface area contributed by atoms with Crippen molar-refractivity contribution in [1.29, 1.82) is 0 Å². The summed E-state index contributed by atoms with van der Waals surface area (Å²) in [6.07, 6.45) is 8.09. The number of hydrogen-bond acceptors (Lipinski definition) is 3. The highest BCUT2D eigenvalue weighted by Gasteiger charge is 2.36. The molecule has 0 amide bonds. The summed E-state index contributed by atoms with van der Waals surface area (Å²) in [6, 6.07) is 10.3. The molecule has 0 saturated heterocycles. The maximum Gasteiger partial charge on any atom is 0.338 e. The van der Waals surface area contributed by atoms with Gasteiger partial charge in [-0.25, -0.2) is 4.79 Å². The van der Waals surface area contributed by atoms with Crippen molar-refractivity contribution in [2.45, 2.75) is 64.4 Å². The molecule has 130 valence electrons. The lowest BCUT2D eigenvalue weighted by Crippen LogP contribution is -2.18. The second-order valence-electron chi connectivity index (χ2n) is 7.50. The minimum Gasteiger partial charge on any atom is -0.508 e. The summed E-state index contributed by atoms with van der Waals surface area (Å²) in [5.74, 6) is 0.768. The van der Waals surface area contributed by atoms with Crippen molar-refractivity contribution in [3.05, 3.63) is 47.2 Å². The van der Waals surface area contributed by atoms with Crippen LogP contribution in [-0.4, -0.2) is 17.2 Å². The molecular weight excluding hydrogens is 300 g/mol. The minimum atomic E-state index is -0.403. The van der Waals surface area contributed by atoms with Gasteiger partial charge >= 0.3 is 5.97 Å². The van der Waals surface area contributed by atoms with Crippen molar-refractivity contribution < 1.29 is 14.6 Å². The Balaban J connectivity index is 1.59. The third-order valence-electron chi connectivity index (χ3n) is 5.36. The van der Waals surface area contributed by atoms with Crippen LogP contribution < -0.4 is 0 Å². The smallest absolute Gasteiger partial charge is 0.338 e. The number of carbonyl (C=O) groups excluding carboxylic acids is 1. The second-order valence-corrected chi connectivity index (χ2v) is 7.50. The number of rotatable bonds is 6. The number of aliphatic hydroxyl groups excluding tert-OH is 1. The van der Waals surface area contributed by atoms with Crippen molar-refractivity contribution in [3.8, 4) is 0 Å². The molecule has 1 N–H and O–H groups in total. The topological polar surface area (TPSA) is 46.5 Å². The van der Waals surface area contributed by atoms with Gasteiger partial charge in [0.2, 0.25) is 0 Å². The molecule has 2 unspecified atom stereocenters. The molecule has 1 aromatic carbocycles. The van der Waals surface area contributed by atoms with Crippen LogP contribution in [0.1, 0.15) is 57.4 Å². The van der Waals surface area contributed by atoms with Gasteiger partial charge in [0.15, 0.2) is 6.10 Å². The lowest BCUT2D eigenvalue weighted by molar-refractivity contribution is -0.141. The van der Waals surface area contributed by atoms with Crippen molar-refractivity contribution in [3.63, 3.8) is 0 Å². The Kier molecular flexibility index (Phi) is 5.60. The van der Waals surface area contributed by atoms with Gasteiger partial charge in [0.1, 0.15) is 5.76 Å². The van der Waals surface area contributed by atoms with Gasteiger partial charge in [-0.1, -0.05) is 69.4 Å². The number of aliphatic hydroxyl groups is 1. The molecule has 0 radical (unpaired) electrons. The highest BCUT2D eigenvalue weighted by atomic mass is 16.6. The Labute approximate surface area is 144 Å². The SMILES string of the molecule is CC(CC1=C(O)C(CC2CCCCC2)OC1=O)Cc1ccccc1. The van der Waals surface area contributed by atoms with Crippen LogP contribution in [0.25, 0.3) is 0 Å². The molecule has 3 nitrogen and oxygen atoms in total. The third kappa shape index (κ3) is 4.19. The van der Waals surface area contributed by atoms with Gasteiger partial charge in [-0.05, 0) is 36.7 Å². The van der Waals surface area contributed by atoms with E-state index in [1.54, 1.807) is 0 Å². The number of carbonyl (C=O) groups is 1. The lowest BCUT2D eigenvalue weighted by atomic mass is 9.85. The number of ether oxygens (including phenoxy) is 1. The molecule has 3 rings (SSSR count). The molecule has 2 aliphatic rings. The molecule has 0 bridgehead atoms. The van der Waals surface area contributed by atoms with E-state index in [1.165, 1.54) is 37.7 Å². The molecule has 24 heavy (non-hydrogen) atoms. The fourth-order valence-electron chi connectivity index (χ4n) is 4.07. The monoisotopic (exact) mass is 328 g/mol. The first-order chi connectivity index (χ1) is 11.6. The molecule has 3 heteroatoms. The van der Waals surface area contributed by atoms with E-state index >= 15 is 0 Å². The average Bonchev–Trinajstić information content (AvgIpc) is 2.84. The standard InChI is InChI=1S/C21H28O3/c1-15(12-16-8-4-2-5-9-16)13-18-20(22)19(24-21(18)23)14-17-10-6-3-7-11-17/h2,4-5,8-9,15,17,19,22H,3,6-7,10-14H2,1H3. The minimum absolute atomic E-state index is 0.200. The van der Waals surface area contributed by atoms with Crippen LogP contribution in [0.2, 0.25) is 0 Å². The molecule has 1 aromatic rings. The van der Waals surface area contributed by atoms with Gasteiger partial charge < -0.3 is 9.84 Å². The summed E-state index contributed by atoms with van der Waals surface area (Å²) < 4.78 is 5.48. The van der Waals surface area contributed by atoms with E-state index in [9.17, 15) is 9.90 Å². The van der Waals surface area contributed by atoms with Gasteiger partial charge in [0.05, 0.1) is 5.57 Å². The Morgan fingerprint density at radius 2 is 1.83 bits per heavy atom. The van der Waals surface area contributed by atoms with Crippen molar-refractivity contribution >= 4 is 5.97 Å². The quantitative estimate of drug-likeness (QED) is 0.751. The van der Waals surface area contributed by atoms with Gasteiger partial charge in [-0.3, -0.25) is 0 Å². The van der Waals surface area contributed by atoms with Crippen LogP contribution in [-0.2, 0) is 16.0 Å². The molecule has 1 aliphatic heterocycles. The fourth-order valence-corrected chi connectivity index (χ4v) is 4.07. The molecule has 2 atom stereocenters.